The van der Waals surface area contributed by atoms with Crippen LogP contribution in [0.1, 0.15) is 45.1 Å². The van der Waals surface area contributed by atoms with E-state index < -0.39 is 6.10 Å². The van der Waals surface area contributed by atoms with Gasteiger partial charge in [0, 0.05) is 0 Å². The second-order valence-corrected chi connectivity index (χ2v) is 5.44. The molecule has 0 spiro atoms. The molecule has 1 amide bonds. The van der Waals surface area contributed by atoms with Gasteiger partial charge in [0.05, 0.1) is 18.6 Å². The van der Waals surface area contributed by atoms with Crippen molar-refractivity contribution in [3.8, 4) is 0 Å². The summed E-state index contributed by atoms with van der Waals surface area (Å²) in [7, 11) is 0. The minimum atomic E-state index is -0.539. The number of nitrogens with one attached hydrogen (secondary N) is 1. The van der Waals surface area contributed by atoms with E-state index in [2.05, 4.69) is 18.3 Å². The summed E-state index contributed by atoms with van der Waals surface area (Å²) >= 11 is 0. The first-order valence-electron chi connectivity index (χ1n) is 7.79. The van der Waals surface area contributed by atoms with Gasteiger partial charge in [0.1, 0.15) is 0 Å². The molecule has 1 aromatic rings. The van der Waals surface area contributed by atoms with E-state index in [9.17, 15) is 9.90 Å². The number of aliphatic hydroxyl groups is 1. The summed E-state index contributed by atoms with van der Waals surface area (Å²) in [6.07, 6.45) is 7.90. The van der Waals surface area contributed by atoms with Crippen LogP contribution in [0.25, 0.3) is 0 Å². The van der Waals surface area contributed by atoms with Gasteiger partial charge in [0.15, 0.2) is 0 Å². The lowest BCUT2D eigenvalue weighted by Gasteiger charge is -2.19. The quantitative estimate of drug-likeness (QED) is 0.541. The van der Waals surface area contributed by atoms with Gasteiger partial charge in [-0.15, -0.1) is 0 Å². The van der Waals surface area contributed by atoms with Crippen LogP contribution >= 0.6 is 0 Å². The van der Waals surface area contributed by atoms with E-state index in [0.29, 0.717) is 12.8 Å². The Balaban J connectivity index is 2.29. The minimum absolute atomic E-state index is 0.0530. The van der Waals surface area contributed by atoms with Crippen LogP contribution in [0.3, 0.4) is 0 Å². The molecule has 0 aliphatic carbocycles. The van der Waals surface area contributed by atoms with Crippen molar-refractivity contribution in [1.82, 2.24) is 5.32 Å². The molecule has 0 aromatic heterocycles. The molecule has 3 nitrogen and oxygen atoms in total. The molecule has 3 heteroatoms. The van der Waals surface area contributed by atoms with Crippen molar-refractivity contribution in [2.75, 3.05) is 0 Å². The lowest BCUT2D eigenvalue weighted by molar-refractivity contribution is -0.121. The summed E-state index contributed by atoms with van der Waals surface area (Å²) < 4.78 is 0. The van der Waals surface area contributed by atoms with Crippen molar-refractivity contribution in [2.45, 2.75) is 58.1 Å². The largest absolute Gasteiger partial charge is 0.391 e. The van der Waals surface area contributed by atoms with Gasteiger partial charge in [-0.2, -0.15) is 0 Å². The van der Waals surface area contributed by atoms with Crippen LogP contribution in [0.4, 0.5) is 0 Å². The summed E-state index contributed by atoms with van der Waals surface area (Å²) in [5.74, 6) is -0.0530. The van der Waals surface area contributed by atoms with Crippen LogP contribution in [0.2, 0.25) is 0 Å². The van der Waals surface area contributed by atoms with E-state index in [1.165, 1.54) is 12.8 Å². The molecule has 2 N–H and O–H groups in total. The van der Waals surface area contributed by atoms with Crippen LogP contribution in [-0.2, 0) is 11.2 Å². The summed E-state index contributed by atoms with van der Waals surface area (Å²) in [6, 6.07) is 9.38. The lowest BCUT2D eigenvalue weighted by atomic mass is 10.1. The highest BCUT2D eigenvalue weighted by Crippen LogP contribution is 2.04. The number of unbranched alkanes of at least 4 members (excludes halogenated alkanes) is 2. The van der Waals surface area contributed by atoms with E-state index in [-0.39, 0.29) is 11.9 Å². The zero-order chi connectivity index (χ0) is 15.5. The Morgan fingerprint density at radius 1 is 1.29 bits per heavy atom. The third-order valence-corrected chi connectivity index (χ3v) is 3.44. The summed E-state index contributed by atoms with van der Waals surface area (Å²) in [4.78, 5) is 11.9. The van der Waals surface area contributed by atoms with E-state index in [4.69, 9.17) is 0 Å². The van der Waals surface area contributed by atoms with E-state index in [0.717, 1.165) is 12.0 Å². The van der Waals surface area contributed by atoms with Crippen molar-refractivity contribution in [3.05, 3.63) is 48.0 Å². The maximum absolute atomic E-state index is 11.9. The number of allylic oxidation sites excluding steroid dienone is 1. The number of benzene rings is 1. The zero-order valence-corrected chi connectivity index (χ0v) is 13.1. The molecular weight excluding hydrogens is 262 g/mol. The van der Waals surface area contributed by atoms with Gasteiger partial charge < -0.3 is 10.4 Å². The Morgan fingerprint density at radius 2 is 2.00 bits per heavy atom. The maximum Gasteiger partial charge on any atom is 0.224 e. The second-order valence-electron chi connectivity index (χ2n) is 5.44. The molecule has 0 radical (unpaired) electrons. The SMILES string of the molecule is CCCC/C=C/C[C@@H](O)[C@H](C)NC(=O)Cc1ccccc1. The highest BCUT2D eigenvalue weighted by molar-refractivity contribution is 5.78. The topological polar surface area (TPSA) is 49.3 Å². The highest BCUT2D eigenvalue weighted by Gasteiger charge is 2.15. The number of amides is 1. The fourth-order valence-electron chi connectivity index (χ4n) is 2.06. The molecule has 0 unspecified atom stereocenters. The van der Waals surface area contributed by atoms with Crippen molar-refractivity contribution in [3.63, 3.8) is 0 Å². The second kappa shape index (κ2) is 10.2. The van der Waals surface area contributed by atoms with Gasteiger partial charge in [-0.1, -0.05) is 62.2 Å². The van der Waals surface area contributed by atoms with Crippen molar-refractivity contribution >= 4 is 5.91 Å². The van der Waals surface area contributed by atoms with Crippen LogP contribution in [0.15, 0.2) is 42.5 Å². The van der Waals surface area contributed by atoms with Crippen molar-refractivity contribution in [1.29, 1.82) is 0 Å². The van der Waals surface area contributed by atoms with E-state index in [1.54, 1.807) is 0 Å². The average Bonchev–Trinajstić information content (AvgIpc) is 2.47. The molecule has 0 saturated carbocycles. The Morgan fingerprint density at radius 3 is 2.67 bits per heavy atom. The normalized spacial score (nSPS) is 14.0. The van der Waals surface area contributed by atoms with Crippen LogP contribution in [0, 0.1) is 0 Å². The standard InChI is InChI=1S/C18H27NO2/c1-3-4-5-6-10-13-17(20)15(2)19-18(21)14-16-11-8-7-9-12-16/h6-12,15,17,20H,3-5,13-14H2,1-2H3,(H,19,21)/b10-6+/t15-,17+/m0/s1. The fourth-order valence-corrected chi connectivity index (χ4v) is 2.06. The smallest absolute Gasteiger partial charge is 0.224 e. The zero-order valence-electron chi connectivity index (χ0n) is 13.1. The number of aliphatic hydroxyl groups excluding tert-OH is 1. The van der Waals surface area contributed by atoms with Crippen molar-refractivity contribution < 1.29 is 9.90 Å². The first-order chi connectivity index (χ1) is 10.1. The number of rotatable bonds is 9. The Kier molecular flexibility index (Phi) is 8.44. The van der Waals surface area contributed by atoms with Gasteiger partial charge in [-0.05, 0) is 25.3 Å². The van der Waals surface area contributed by atoms with E-state index in [1.807, 2.05) is 43.3 Å². The molecule has 1 rings (SSSR count). The van der Waals surface area contributed by atoms with Gasteiger partial charge in [0.2, 0.25) is 5.91 Å². The molecule has 0 fully saturated rings. The maximum atomic E-state index is 11.9. The van der Waals surface area contributed by atoms with Crippen molar-refractivity contribution in [2.24, 2.45) is 0 Å². The number of hydrogen-bond acceptors (Lipinski definition) is 2. The Hall–Kier alpha value is -1.61. The Bertz CT molecular complexity index is 428. The van der Waals surface area contributed by atoms with Crippen LogP contribution in [-0.4, -0.2) is 23.2 Å². The molecule has 0 aliphatic heterocycles. The Labute approximate surface area is 128 Å². The number of carbonyl (C=O) groups excluding carboxylic acids is 1. The molecule has 0 saturated heterocycles. The average molecular weight is 289 g/mol. The predicted octanol–water partition coefficient (Wildman–Crippen LogP) is 3.23. The highest BCUT2D eigenvalue weighted by atomic mass is 16.3. The van der Waals surface area contributed by atoms with Crippen LogP contribution < -0.4 is 5.32 Å². The third-order valence-electron chi connectivity index (χ3n) is 3.44. The first-order valence-corrected chi connectivity index (χ1v) is 7.79. The van der Waals surface area contributed by atoms with Gasteiger partial charge >= 0.3 is 0 Å². The lowest BCUT2D eigenvalue weighted by Crippen LogP contribution is -2.41. The van der Waals surface area contributed by atoms with Crippen LogP contribution in [0.5, 0.6) is 0 Å². The van der Waals surface area contributed by atoms with Gasteiger partial charge in [-0.3, -0.25) is 4.79 Å². The molecule has 116 valence electrons. The minimum Gasteiger partial charge on any atom is -0.391 e. The predicted molar refractivity (Wildman–Crippen MR) is 87.0 cm³/mol. The summed E-state index contributed by atoms with van der Waals surface area (Å²) in [5.41, 5.74) is 0.983. The van der Waals surface area contributed by atoms with Gasteiger partial charge in [-0.25, -0.2) is 0 Å². The summed E-state index contributed by atoms with van der Waals surface area (Å²) in [6.45, 7) is 4.00. The molecule has 0 heterocycles. The number of hydrogen-bond donors (Lipinski definition) is 2. The molecule has 1 aromatic carbocycles. The fraction of sp³-hybridized carbons (Fsp3) is 0.500. The first kappa shape index (κ1) is 17.4. The molecule has 21 heavy (non-hydrogen) atoms. The van der Waals surface area contributed by atoms with E-state index >= 15 is 0 Å². The summed E-state index contributed by atoms with van der Waals surface area (Å²) in [5, 5.41) is 12.9. The number of carbonyl (C=O) groups is 1. The molecule has 0 bridgehead atoms. The molecule has 0 aliphatic rings. The monoisotopic (exact) mass is 289 g/mol. The molecular formula is C18H27NO2. The molecule has 2 atom stereocenters. The van der Waals surface area contributed by atoms with Gasteiger partial charge in [0.25, 0.3) is 0 Å². The third kappa shape index (κ3) is 7.66.